The van der Waals surface area contributed by atoms with Crippen molar-refractivity contribution in [1.82, 2.24) is 4.98 Å². The molecule has 1 aliphatic carbocycles. The zero-order valence-corrected chi connectivity index (χ0v) is 13.4. The van der Waals surface area contributed by atoms with Crippen molar-refractivity contribution in [3.8, 4) is 0 Å². The third kappa shape index (κ3) is 3.79. The van der Waals surface area contributed by atoms with E-state index in [-0.39, 0.29) is 35.6 Å². The van der Waals surface area contributed by atoms with Crippen molar-refractivity contribution in [3.63, 3.8) is 0 Å². The number of aromatic amines is 1. The van der Waals surface area contributed by atoms with E-state index in [1.165, 1.54) is 42.4 Å². The normalized spacial score (nSPS) is 13.2. The third-order valence-corrected chi connectivity index (χ3v) is 4.35. The molecule has 1 heterocycles. The molecule has 0 radical (unpaired) electrons. The first-order valence-corrected chi connectivity index (χ1v) is 8.25. The van der Waals surface area contributed by atoms with Gasteiger partial charge in [-0.3, -0.25) is 14.4 Å². The van der Waals surface area contributed by atoms with Crippen LogP contribution in [0.5, 0.6) is 0 Å². The molecule has 0 fully saturated rings. The summed E-state index contributed by atoms with van der Waals surface area (Å²) in [5, 5.41) is 2.53. The number of H-pyrrole nitrogens is 1. The highest BCUT2D eigenvalue weighted by Crippen LogP contribution is 2.23. The van der Waals surface area contributed by atoms with Crippen molar-refractivity contribution in [1.29, 1.82) is 0 Å². The van der Waals surface area contributed by atoms with Crippen LogP contribution in [0.2, 0.25) is 0 Å². The molecule has 24 heavy (non-hydrogen) atoms. The molecule has 1 aromatic carbocycles. The summed E-state index contributed by atoms with van der Waals surface area (Å²) in [5.74, 6) is -0.376. The first kappa shape index (κ1) is 16.2. The monoisotopic (exact) mass is 324 g/mol. The van der Waals surface area contributed by atoms with Crippen LogP contribution < -0.4 is 10.7 Å². The number of ketones is 1. The number of benzene rings is 1. The van der Waals surface area contributed by atoms with E-state index in [2.05, 4.69) is 10.3 Å². The Balaban J connectivity index is 1.58. The number of fused-ring (bicyclic) bond motifs is 1. The molecule has 0 atom stereocenters. The fourth-order valence-electron chi connectivity index (χ4n) is 3.00. The molecular weight excluding hydrogens is 304 g/mol. The summed E-state index contributed by atoms with van der Waals surface area (Å²) in [7, 11) is 0. The maximum absolute atomic E-state index is 12.3. The molecule has 124 valence electrons. The molecule has 0 aliphatic heterocycles. The highest BCUT2D eigenvalue weighted by Gasteiger charge is 2.14. The standard InChI is InChI=1S/C19H20N2O3/c22-17(15-6-5-13-3-1-2-4-14(13)11-15)7-8-19(24)21-16-12-20-10-9-18(16)23/h5-6,9-12H,1-4,7-8H2,(H,20,23)(H,21,24). The summed E-state index contributed by atoms with van der Waals surface area (Å²) in [4.78, 5) is 38.5. The van der Waals surface area contributed by atoms with Gasteiger partial charge in [0.15, 0.2) is 5.78 Å². The molecule has 1 amide bonds. The van der Waals surface area contributed by atoms with Crippen LogP contribution in [0.15, 0.2) is 41.5 Å². The minimum atomic E-state index is -0.335. The number of amides is 1. The smallest absolute Gasteiger partial charge is 0.224 e. The number of hydrogen-bond donors (Lipinski definition) is 2. The first-order chi connectivity index (χ1) is 11.6. The van der Waals surface area contributed by atoms with Crippen LogP contribution in [0.3, 0.4) is 0 Å². The summed E-state index contributed by atoms with van der Waals surface area (Å²) >= 11 is 0. The number of aromatic nitrogens is 1. The Kier molecular flexibility index (Phi) is 4.89. The molecule has 0 saturated carbocycles. The van der Waals surface area contributed by atoms with Gasteiger partial charge in [0.25, 0.3) is 0 Å². The van der Waals surface area contributed by atoms with E-state index in [4.69, 9.17) is 0 Å². The number of nitrogens with one attached hydrogen (secondary N) is 2. The zero-order chi connectivity index (χ0) is 16.9. The van der Waals surface area contributed by atoms with Gasteiger partial charge >= 0.3 is 0 Å². The second-order valence-electron chi connectivity index (χ2n) is 6.08. The number of carbonyl (C=O) groups excluding carboxylic acids is 2. The lowest BCUT2D eigenvalue weighted by Gasteiger charge is -2.16. The Morgan fingerprint density at radius 1 is 1.04 bits per heavy atom. The molecule has 0 bridgehead atoms. The maximum atomic E-state index is 12.3. The molecular formula is C19H20N2O3. The van der Waals surface area contributed by atoms with Crippen LogP contribution in [0.1, 0.15) is 47.2 Å². The number of pyridine rings is 1. The van der Waals surface area contributed by atoms with Gasteiger partial charge in [0, 0.05) is 36.9 Å². The van der Waals surface area contributed by atoms with E-state index in [9.17, 15) is 14.4 Å². The van der Waals surface area contributed by atoms with Crippen molar-refractivity contribution in [2.45, 2.75) is 38.5 Å². The van der Waals surface area contributed by atoms with E-state index in [0.717, 1.165) is 12.8 Å². The average molecular weight is 324 g/mol. The van der Waals surface area contributed by atoms with Crippen molar-refractivity contribution in [3.05, 3.63) is 63.6 Å². The Morgan fingerprint density at radius 3 is 2.62 bits per heavy atom. The van der Waals surface area contributed by atoms with E-state index < -0.39 is 0 Å². The van der Waals surface area contributed by atoms with E-state index in [1.54, 1.807) is 0 Å². The van der Waals surface area contributed by atoms with Crippen LogP contribution in [-0.4, -0.2) is 16.7 Å². The second kappa shape index (κ2) is 7.25. The van der Waals surface area contributed by atoms with Gasteiger partial charge in [-0.2, -0.15) is 0 Å². The lowest BCUT2D eigenvalue weighted by molar-refractivity contribution is -0.116. The minimum Gasteiger partial charge on any atom is -0.366 e. The number of rotatable bonds is 5. The Labute approximate surface area is 140 Å². The maximum Gasteiger partial charge on any atom is 0.224 e. The fourth-order valence-corrected chi connectivity index (χ4v) is 3.00. The molecule has 5 heteroatoms. The number of carbonyl (C=O) groups is 2. The van der Waals surface area contributed by atoms with Crippen LogP contribution in [-0.2, 0) is 17.6 Å². The van der Waals surface area contributed by atoms with Crippen LogP contribution in [0.4, 0.5) is 5.69 Å². The third-order valence-electron chi connectivity index (χ3n) is 4.35. The Bertz CT molecular complexity index is 823. The number of anilines is 1. The lowest BCUT2D eigenvalue weighted by atomic mass is 9.89. The van der Waals surface area contributed by atoms with Crippen molar-refractivity contribution >= 4 is 17.4 Å². The van der Waals surface area contributed by atoms with Gasteiger partial charge in [-0.05, 0) is 42.9 Å². The molecule has 1 aliphatic rings. The number of aryl methyl sites for hydroxylation is 2. The highest BCUT2D eigenvalue weighted by atomic mass is 16.2. The molecule has 0 saturated heterocycles. The van der Waals surface area contributed by atoms with Gasteiger partial charge in [-0.25, -0.2) is 0 Å². The Hall–Kier alpha value is -2.69. The van der Waals surface area contributed by atoms with Gasteiger partial charge in [0.1, 0.15) is 5.69 Å². The van der Waals surface area contributed by atoms with Crippen LogP contribution >= 0.6 is 0 Å². The molecule has 5 nitrogen and oxygen atoms in total. The molecule has 2 aromatic rings. The first-order valence-electron chi connectivity index (χ1n) is 8.25. The van der Waals surface area contributed by atoms with E-state index in [0.29, 0.717) is 5.56 Å². The Morgan fingerprint density at radius 2 is 1.83 bits per heavy atom. The van der Waals surface area contributed by atoms with Gasteiger partial charge < -0.3 is 10.3 Å². The second-order valence-corrected chi connectivity index (χ2v) is 6.08. The molecule has 0 spiro atoms. The summed E-state index contributed by atoms with van der Waals surface area (Å²) < 4.78 is 0. The fraction of sp³-hybridized carbons (Fsp3) is 0.316. The summed E-state index contributed by atoms with van der Waals surface area (Å²) in [6, 6.07) is 7.20. The largest absolute Gasteiger partial charge is 0.366 e. The molecule has 3 rings (SSSR count). The van der Waals surface area contributed by atoms with Crippen molar-refractivity contribution in [2.75, 3.05) is 5.32 Å². The quantitative estimate of drug-likeness (QED) is 0.830. The molecule has 1 aromatic heterocycles. The predicted molar refractivity (Wildman–Crippen MR) is 92.3 cm³/mol. The van der Waals surface area contributed by atoms with E-state index >= 15 is 0 Å². The van der Waals surface area contributed by atoms with Gasteiger partial charge in [-0.15, -0.1) is 0 Å². The lowest BCUT2D eigenvalue weighted by Crippen LogP contribution is -2.18. The number of Topliss-reactive ketones (excluding diaryl/α,β-unsaturated/α-hetero) is 1. The molecule has 2 N–H and O–H groups in total. The topological polar surface area (TPSA) is 79.0 Å². The van der Waals surface area contributed by atoms with Gasteiger partial charge in [0.2, 0.25) is 11.3 Å². The van der Waals surface area contributed by atoms with Crippen LogP contribution in [0.25, 0.3) is 0 Å². The van der Waals surface area contributed by atoms with Crippen LogP contribution in [0, 0.1) is 0 Å². The minimum absolute atomic E-state index is 0.0412. The summed E-state index contributed by atoms with van der Waals surface area (Å²) in [6.45, 7) is 0. The highest BCUT2D eigenvalue weighted by molar-refractivity contribution is 6.00. The van der Waals surface area contributed by atoms with Crippen molar-refractivity contribution < 1.29 is 9.59 Å². The number of hydrogen-bond acceptors (Lipinski definition) is 3. The van der Waals surface area contributed by atoms with Gasteiger partial charge in [-0.1, -0.05) is 12.1 Å². The van der Waals surface area contributed by atoms with Crippen molar-refractivity contribution in [2.24, 2.45) is 0 Å². The molecule has 0 unspecified atom stereocenters. The average Bonchev–Trinajstić information content (AvgIpc) is 2.61. The predicted octanol–water partition coefficient (Wildman–Crippen LogP) is 2.86. The van der Waals surface area contributed by atoms with E-state index in [1.807, 2.05) is 18.2 Å². The van der Waals surface area contributed by atoms with Gasteiger partial charge in [0.05, 0.1) is 0 Å². The summed E-state index contributed by atoms with van der Waals surface area (Å²) in [5.41, 5.74) is 3.19. The SMILES string of the molecule is O=C(CCC(=O)c1ccc2c(c1)CCCC2)Nc1c[nH]ccc1=O. The summed E-state index contributed by atoms with van der Waals surface area (Å²) in [6.07, 6.45) is 7.60. The zero-order valence-electron chi connectivity index (χ0n) is 13.4.